The van der Waals surface area contributed by atoms with Gasteiger partial charge in [0.05, 0.1) is 17.5 Å². The van der Waals surface area contributed by atoms with E-state index in [9.17, 15) is 34.5 Å². The second kappa shape index (κ2) is 7.59. The lowest BCUT2D eigenvalue weighted by Gasteiger charge is -2.39. The Morgan fingerprint density at radius 2 is 1.81 bits per heavy atom. The van der Waals surface area contributed by atoms with Crippen LogP contribution in [0.1, 0.15) is 34.3 Å². The number of hydrogen-bond donors (Lipinski definition) is 4. The summed E-state index contributed by atoms with van der Waals surface area (Å²) >= 11 is 0. The molecule has 9 nitrogen and oxygen atoms in total. The van der Waals surface area contributed by atoms with Crippen LogP contribution in [-0.4, -0.2) is 64.1 Å². The summed E-state index contributed by atoms with van der Waals surface area (Å²) in [6.45, 7) is 0. The lowest BCUT2D eigenvalue weighted by atomic mass is 9.63. The molecule has 0 heterocycles. The van der Waals surface area contributed by atoms with E-state index >= 15 is 0 Å². The predicted octanol–water partition coefficient (Wildman–Crippen LogP) is 1.05. The number of primary amides is 1. The molecule has 1 saturated carbocycles. The fourth-order valence-corrected chi connectivity index (χ4v) is 5.44. The van der Waals surface area contributed by atoms with Gasteiger partial charge in [-0.25, -0.2) is 0 Å². The number of phenolic OH excluding ortho intramolecular Hbond substituents is 1. The number of Topliss-reactive ketones (excluding diaryl/α,β-unsaturated/α-hetero) is 2. The molecule has 0 bridgehead atoms. The molecule has 0 aliphatic heterocycles. The van der Waals surface area contributed by atoms with Crippen LogP contribution in [0.4, 0.5) is 0 Å². The Morgan fingerprint density at radius 1 is 1.12 bits per heavy atom. The van der Waals surface area contributed by atoms with Crippen molar-refractivity contribution in [2.75, 3.05) is 14.1 Å². The molecule has 1 fully saturated rings. The van der Waals surface area contributed by atoms with E-state index in [0.29, 0.717) is 23.8 Å². The molecule has 0 saturated heterocycles. The van der Waals surface area contributed by atoms with Gasteiger partial charge in [0.1, 0.15) is 29.1 Å². The topological polar surface area (TPSA) is 158 Å². The van der Waals surface area contributed by atoms with Crippen LogP contribution in [0, 0.1) is 17.8 Å². The number of likely N-dealkylation sites (N-methyl/N-ethyl adjacent to an activating group) is 1. The van der Waals surface area contributed by atoms with E-state index in [1.165, 1.54) is 12.1 Å². The number of allylic oxidation sites excluding steroid dienone is 1. The van der Waals surface area contributed by atoms with Gasteiger partial charge in [0.15, 0.2) is 11.6 Å². The number of hydrogen-bond acceptors (Lipinski definition) is 8. The summed E-state index contributed by atoms with van der Waals surface area (Å²) in [4.78, 5) is 52.0. The van der Waals surface area contributed by atoms with Gasteiger partial charge < -0.3 is 21.1 Å². The maximum Gasteiger partial charge on any atom is 0.255 e. The van der Waals surface area contributed by atoms with Crippen molar-refractivity contribution in [3.8, 4) is 5.75 Å². The number of fused-ring (bicyclic) bond motifs is 3. The first kappa shape index (κ1) is 21.8. The maximum absolute atomic E-state index is 13.5. The number of aliphatic hydroxyl groups excluding tert-OH is 2. The highest BCUT2D eigenvalue weighted by Crippen LogP contribution is 2.49. The Hall–Kier alpha value is -3.46. The first-order chi connectivity index (χ1) is 15.1. The van der Waals surface area contributed by atoms with Crippen LogP contribution in [0.15, 0.2) is 29.0 Å². The number of phenols is 1. The highest BCUT2D eigenvalue weighted by atomic mass is 16.3. The molecule has 1 aromatic rings. The third kappa shape index (κ3) is 3.03. The van der Waals surface area contributed by atoms with Crippen molar-refractivity contribution in [2.45, 2.75) is 25.3 Å². The van der Waals surface area contributed by atoms with Crippen LogP contribution < -0.4 is 5.73 Å². The van der Waals surface area contributed by atoms with Crippen molar-refractivity contribution in [3.63, 3.8) is 0 Å². The van der Waals surface area contributed by atoms with E-state index in [1.807, 2.05) is 0 Å². The minimum Gasteiger partial charge on any atom is -0.510 e. The zero-order valence-electron chi connectivity index (χ0n) is 17.7. The SMILES string of the molecule is CN(C)C1C[C@@H]2CC3Cc4c(C=O)ccc(O)c4C(O)=C3C(=O)C2C(=O)C(C(N)=O)=C1O. The quantitative estimate of drug-likeness (QED) is 0.308. The molecule has 1 aromatic carbocycles. The molecule has 4 atom stereocenters. The fraction of sp³-hybridized carbons (Fsp3) is 0.391. The summed E-state index contributed by atoms with van der Waals surface area (Å²) < 4.78 is 0. The van der Waals surface area contributed by atoms with Gasteiger partial charge in [0.2, 0.25) is 0 Å². The van der Waals surface area contributed by atoms with Gasteiger partial charge in [0.25, 0.3) is 5.91 Å². The van der Waals surface area contributed by atoms with Gasteiger partial charge in [-0.3, -0.25) is 24.1 Å². The van der Waals surface area contributed by atoms with E-state index in [4.69, 9.17) is 5.73 Å². The highest BCUT2D eigenvalue weighted by molar-refractivity contribution is 6.28. The van der Waals surface area contributed by atoms with Gasteiger partial charge in [-0.15, -0.1) is 0 Å². The number of nitrogens with zero attached hydrogens (tertiary/aromatic N) is 1. The molecule has 0 radical (unpaired) electrons. The first-order valence-corrected chi connectivity index (χ1v) is 10.3. The third-order valence-corrected chi connectivity index (χ3v) is 6.91. The van der Waals surface area contributed by atoms with E-state index in [1.54, 1.807) is 19.0 Å². The lowest BCUT2D eigenvalue weighted by molar-refractivity contribution is -0.133. The maximum atomic E-state index is 13.5. The number of carbonyl (C=O) groups excluding carboxylic acids is 4. The Morgan fingerprint density at radius 3 is 2.41 bits per heavy atom. The normalized spacial score (nSPS) is 27.6. The zero-order chi connectivity index (χ0) is 23.5. The zero-order valence-corrected chi connectivity index (χ0v) is 17.7. The number of nitrogens with two attached hydrogens (primary N) is 1. The second-order valence-corrected chi connectivity index (χ2v) is 8.85. The molecule has 3 unspecified atom stereocenters. The van der Waals surface area contributed by atoms with E-state index in [0.717, 1.165) is 0 Å². The number of aromatic hydroxyl groups is 1. The largest absolute Gasteiger partial charge is 0.510 e. The van der Waals surface area contributed by atoms with Gasteiger partial charge in [-0.2, -0.15) is 0 Å². The molecular formula is C23H24N2O7. The number of benzene rings is 1. The van der Waals surface area contributed by atoms with Crippen molar-refractivity contribution in [1.29, 1.82) is 0 Å². The second-order valence-electron chi connectivity index (χ2n) is 8.85. The van der Waals surface area contributed by atoms with Gasteiger partial charge in [-0.05, 0) is 62.9 Å². The Labute approximate surface area is 183 Å². The summed E-state index contributed by atoms with van der Waals surface area (Å²) in [6.07, 6.45) is 1.41. The summed E-state index contributed by atoms with van der Waals surface area (Å²) in [5.41, 5.74) is 5.55. The molecule has 168 valence electrons. The number of carbonyl (C=O) groups is 4. The molecule has 4 rings (SSSR count). The smallest absolute Gasteiger partial charge is 0.255 e. The molecule has 0 spiro atoms. The summed E-state index contributed by atoms with van der Waals surface area (Å²) in [5.74, 6) is -6.10. The monoisotopic (exact) mass is 440 g/mol. The molecule has 0 aromatic heterocycles. The van der Waals surface area contributed by atoms with Crippen LogP contribution in [-0.2, 0) is 20.8 Å². The molecule has 9 heteroatoms. The number of aliphatic hydroxyl groups is 2. The minimum absolute atomic E-state index is 0.00272. The van der Waals surface area contributed by atoms with Crippen LogP contribution >= 0.6 is 0 Å². The number of ketones is 2. The van der Waals surface area contributed by atoms with Crippen molar-refractivity contribution in [1.82, 2.24) is 4.90 Å². The van der Waals surface area contributed by atoms with E-state index in [-0.39, 0.29) is 29.7 Å². The number of aldehydes is 1. The first-order valence-electron chi connectivity index (χ1n) is 10.3. The van der Waals surface area contributed by atoms with Gasteiger partial charge in [-0.1, -0.05) is 0 Å². The number of rotatable bonds is 3. The van der Waals surface area contributed by atoms with E-state index in [2.05, 4.69) is 0 Å². The standard InChI is InChI=1S/C23H24N2O7/c1-25(2)13-7-11-5-10-6-12-9(8-26)3-4-14(27)17(12)21(30)15(10)20(29)16(11)22(31)18(19(13)28)23(24)32/h3-4,8,10-11,13,16,27-28,30H,5-7H2,1-2H3,(H2,24,32)/t10?,11-,13?,16?/m0/s1. The Kier molecular flexibility index (Phi) is 5.16. The predicted molar refractivity (Wildman–Crippen MR) is 113 cm³/mol. The number of amides is 1. The summed E-state index contributed by atoms with van der Waals surface area (Å²) in [7, 11) is 3.37. The third-order valence-electron chi connectivity index (χ3n) is 6.91. The van der Waals surface area contributed by atoms with E-state index < -0.39 is 58.4 Å². The van der Waals surface area contributed by atoms with Crippen LogP contribution in [0.25, 0.3) is 5.76 Å². The molecule has 3 aliphatic rings. The average molecular weight is 440 g/mol. The summed E-state index contributed by atoms with van der Waals surface area (Å²) in [6, 6.07) is 2.03. The highest BCUT2D eigenvalue weighted by Gasteiger charge is 2.52. The lowest BCUT2D eigenvalue weighted by Crippen LogP contribution is -2.44. The van der Waals surface area contributed by atoms with Crippen molar-refractivity contribution < 1.29 is 34.5 Å². The molecule has 1 amide bonds. The van der Waals surface area contributed by atoms with Crippen molar-refractivity contribution in [2.24, 2.45) is 23.5 Å². The Bertz CT molecular complexity index is 1130. The fourth-order valence-electron chi connectivity index (χ4n) is 5.44. The Balaban J connectivity index is 1.88. The molecule has 5 N–H and O–H groups in total. The van der Waals surface area contributed by atoms with Gasteiger partial charge >= 0.3 is 0 Å². The van der Waals surface area contributed by atoms with Crippen LogP contribution in [0.5, 0.6) is 5.75 Å². The molecule has 32 heavy (non-hydrogen) atoms. The van der Waals surface area contributed by atoms with Gasteiger partial charge in [0, 0.05) is 11.1 Å². The average Bonchev–Trinajstić information content (AvgIpc) is 2.82. The minimum atomic E-state index is -1.28. The van der Waals surface area contributed by atoms with Crippen LogP contribution in [0.3, 0.4) is 0 Å². The van der Waals surface area contributed by atoms with Crippen molar-refractivity contribution in [3.05, 3.63) is 45.7 Å². The molecular weight excluding hydrogens is 416 g/mol. The van der Waals surface area contributed by atoms with Crippen molar-refractivity contribution >= 4 is 29.5 Å². The van der Waals surface area contributed by atoms with Crippen LogP contribution in [0.2, 0.25) is 0 Å². The summed E-state index contributed by atoms with van der Waals surface area (Å²) in [5, 5.41) is 31.9. The molecule has 3 aliphatic carbocycles.